The lowest BCUT2D eigenvalue weighted by Gasteiger charge is -2.51. The molecule has 1 N–H and O–H groups in total. The van der Waals surface area contributed by atoms with Gasteiger partial charge in [-0.05, 0) is 47.9 Å². The summed E-state index contributed by atoms with van der Waals surface area (Å²) in [6.07, 6.45) is 0.835. The molecule has 172 valence electrons. The second kappa shape index (κ2) is 9.20. The van der Waals surface area contributed by atoms with Gasteiger partial charge in [0.15, 0.2) is 0 Å². The van der Waals surface area contributed by atoms with Gasteiger partial charge in [-0.15, -0.1) is 11.3 Å². The number of nitrogens with one attached hydrogen (secondary N) is 1. The van der Waals surface area contributed by atoms with Crippen LogP contribution in [-0.2, 0) is 17.8 Å². The van der Waals surface area contributed by atoms with E-state index in [0.717, 1.165) is 21.2 Å². The lowest BCUT2D eigenvalue weighted by molar-refractivity contribution is -0.139. The van der Waals surface area contributed by atoms with E-state index in [1.807, 2.05) is 41.8 Å². The molecule has 1 saturated heterocycles. The summed E-state index contributed by atoms with van der Waals surface area (Å²) in [5.74, 6) is -0.728. The van der Waals surface area contributed by atoms with Crippen LogP contribution in [-0.4, -0.2) is 28.8 Å². The highest BCUT2D eigenvalue weighted by atomic mass is 35.5. The van der Waals surface area contributed by atoms with Crippen LogP contribution >= 0.6 is 22.9 Å². The molecule has 3 aromatic carbocycles. The number of hydrogen-bond acceptors (Lipinski definition) is 3. The van der Waals surface area contributed by atoms with Crippen LogP contribution in [0, 0.1) is 5.82 Å². The third-order valence-corrected chi connectivity index (χ3v) is 7.60. The topological polar surface area (TPSA) is 49.4 Å². The van der Waals surface area contributed by atoms with Crippen molar-refractivity contribution in [3.63, 3.8) is 0 Å². The van der Waals surface area contributed by atoms with Crippen LogP contribution < -0.4 is 5.32 Å². The van der Waals surface area contributed by atoms with Gasteiger partial charge in [-0.2, -0.15) is 0 Å². The van der Waals surface area contributed by atoms with E-state index in [9.17, 15) is 14.0 Å². The highest BCUT2D eigenvalue weighted by molar-refractivity contribution is 7.17. The zero-order valence-electron chi connectivity index (χ0n) is 18.3. The quantitative estimate of drug-likeness (QED) is 0.367. The molecule has 5 rings (SSSR count). The Kier molecular flexibility index (Phi) is 6.11. The van der Waals surface area contributed by atoms with E-state index in [4.69, 9.17) is 11.6 Å². The monoisotopic (exact) mass is 492 g/mol. The van der Waals surface area contributed by atoms with Crippen LogP contribution in [0.5, 0.6) is 0 Å². The lowest BCUT2D eigenvalue weighted by atomic mass is 9.77. The summed E-state index contributed by atoms with van der Waals surface area (Å²) in [5, 5.41) is 6.35. The predicted octanol–water partition coefficient (Wildman–Crippen LogP) is 5.84. The number of likely N-dealkylation sites (tertiary alicyclic amines) is 1. The lowest BCUT2D eigenvalue weighted by Crippen LogP contribution is -2.70. The molecule has 7 heteroatoms. The predicted molar refractivity (Wildman–Crippen MR) is 134 cm³/mol. The number of fused-ring (bicyclic) bond motifs is 1. The third-order valence-electron chi connectivity index (χ3n) is 6.40. The second-order valence-corrected chi connectivity index (χ2v) is 9.85. The van der Waals surface area contributed by atoms with Gasteiger partial charge in [-0.25, -0.2) is 4.39 Å². The maximum Gasteiger partial charge on any atom is 0.256 e. The molecule has 1 aliphatic rings. The Labute approximate surface area is 206 Å². The summed E-state index contributed by atoms with van der Waals surface area (Å²) in [6.45, 7) is 0.781. The van der Waals surface area contributed by atoms with Crippen molar-refractivity contribution in [2.45, 2.75) is 24.9 Å². The highest BCUT2D eigenvalue weighted by Crippen LogP contribution is 2.38. The van der Waals surface area contributed by atoms with Gasteiger partial charge in [0, 0.05) is 40.0 Å². The summed E-state index contributed by atoms with van der Waals surface area (Å²) in [5.41, 5.74) is 1.23. The van der Waals surface area contributed by atoms with Gasteiger partial charge in [-0.3, -0.25) is 9.59 Å². The van der Waals surface area contributed by atoms with Gasteiger partial charge in [0.25, 0.3) is 5.91 Å². The Morgan fingerprint density at radius 3 is 2.56 bits per heavy atom. The van der Waals surface area contributed by atoms with E-state index in [2.05, 4.69) is 5.32 Å². The van der Waals surface area contributed by atoms with Crippen LogP contribution in [0.1, 0.15) is 27.9 Å². The zero-order chi connectivity index (χ0) is 23.7. The van der Waals surface area contributed by atoms with E-state index < -0.39 is 5.54 Å². The molecule has 0 aliphatic carbocycles. The molecule has 34 heavy (non-hydrogen) atoms. The summed E-state index contributed by atoms with van der Waals surface area (Å²) in [4.78, 5) is 28.9. The molecule has 0 bridgehead atoms. The molecular formula is C27H22ClFN2O2S. The minimum Gasteiger partial charge on any atom is -0.350 e. The van der Waals surface area contributed by atoms with E-state index in [-0.39, 0.29) is 17.6 Å². The molecule has 1 fully saturated rings. The second-order valence-electron chi connectivity index (χ2n) is 8.50. The first kappa shape index (κ1) is 22.6. The summed E-state index contributed by atoms with van der Waals surface area (Å²) in [6, 6.07) is 21.2. The maximum atomic E-state index is 13.7. The number of carbonyl (C=O) groups excluding carboxylic acids is 2. The Morgan fingerprint density at radius 1 is 1.03 bits per heavy atom. The number of carbonyl (C=O) groups is 2. The molecule has 2 amide bonds. The fourth-order valence-corrected chi connectivity index (χ4v) is 5.66. The molecule has 1 aromatic heterocycles. The zero-order valence-corrected chi connectivity index (χ0v) is 19.8. The molecule has 1 atom stereocenters. The van der Waals surface area contributed by atoms with E-state index >= 15 is 0 Å². The van der Waals surface area contributed by atoms with E-state index in [1.54, 1.807) is 29.2 Å². The van der Waals surface area contributed by atoms with Crippen LogP contribution in [0.15, 0.2) is 78.2 Å². The molecule has 0 saturated carbocycles. The van der Waals surface area contributed by atoms with Crippen molar-refractivity contribution in [1.29, 1.82) is 0 Å². The molecular weight excluding hydrogens is 471 g/mol. The molecule has 1 aliphatic heterocycles. The first-order valence-corrected chi connectivity index (χ1v) is 12.3. The van der Waals surface area contributed by atoms with Crippen molar-refractivity contribution in [2.24, 2.45) is 0 Å². The minimum absolute atomic E-state index is 0.163. The average Bonchev–Trinajstić information content (AvgIpc) is 3.26. The highest BCUT2D eigenvalue weighted by Gasteiger charge is 2.53. The first-order chi connectivity index (χ1) is 16.5. The van der Waals surface area contributed by atoms with E-state index in [0.29, 0.717) is 36.5 Å². The van der Waals surface area contributed by atoms with Crippen LogP contribution in [0.25, 0.3) is 10.1 Å². The summed E-state index contributed by atoms with van der Waals surface area (Å²) >= 11 is 7.60. The van der Waals surface area contributed by atoms with Gasteiger partial charge in [0.1, 0.15) is 11.4 Å². The fourth-order valence-electron chi connectivity index (χ4n) is 4.51. The summed E-state index contributed by atoms with van der Waals surface area (Å²) in [7, 11) is 0. The molecule has 1 unspecified atom stereocenters. The largest absolute Gasteiger partial charge is 0.350 e. The third kappa shape index (κ3) is 4.19. The number of benzene rings is 3. The Hall–Kier alpha value is -3.22. The number of nitrogens with zero attached hydrogens (tertiary/aromatic N) is 1. The van der Waals surface area contributed by atoms with Crippen molar-refractivity contribution in [1.82, 2.24) is 10.2 Å². The average molecular weight is 493 g/mol. The smallest absolute Gasteiger partial charge is 0.256 e. The van der Waals surface area contributed by atoms with Crippen molar-refractivity contribution in [3.8, 4) is 0 Å². The van der Waals surface area contributed by atoms with Crippen molar-refractivity contribution in [2.75, 3.05) is 6.54 Å². The van der Waals surface area contributed by atoms with Crippen LogP contribution in [0.4, 0.5) is 4.39 Å². The van der Waals surface area contributed by atoms with Gasteiger partial charge < -0.3 is 10.2 Å². The van der Waals surface area contributed by atoms with Crippen LogP contribution in [0.2, 0.25) is 5.02 Å². The van der Waals surface area contributed by atoms with E-state index in [1.165, 1.54) is 23.5 Å². The number of rotatable bonds is 6. The molecule has 2 heterocycles. The number of thiophene rings is 1. The normalized spacial score (nSPS) is 17.4. The maximum absolute atomic E-state index is 13.7. The fraction of sp³-hybridized carbons (Fsp3) is 0.185. The van der Waals surface area contributed by atoms with Crippen molar-refractivity contribution in [3.05, 3.63) is 106 Å². The SMILES string of the molecule is O=C(c1csc2ccccc12)N1CCC1(Cc1ccc(F)cc1)C(=O)NCc1cccc(Cl)c1. The Balaban J connectivity index is 1.45. The van der Waals surface area contributed by atoms with Gasteiger partial charge in [0.2, 0.25) is 5.91 Å². The molecule has 4 aromatic rings. The number of hydrogen-bond donors (Lipinski definition) is 1. The minimum atomic E-state index is -1.05. The Bertz CT molecular complexity index is 1370. The Morgan fingerprint density at radius 2 is 1.82 bits per heavy atom. The molecule has 0 radical (unpaired) electrons. The molecule has 4 nitrogen and oxygen atoms in total. The standard InChI is InChI=1S/C27H22ClFN2O2S/c28-20-5-3-4-19(14-20)16-30-26(33)27(15-18-8-10-21(29)11-9-18)12-13-31(27)25(32)23-17-34-24-7-2-1-6-22(23)24/h1-11,14,17H,12-13,15-16H2,(H,30,33). The van der Waals surface area contributed by atoms with Gasteiger partial charge in [-0.1, -0.05) is 54.1 Å². The van der Waals surface area contributed by atoms with Crippen molar-refractivity contribution < 1.29 is 14.0 Å². The van der Waals surface area contributed by atoms with Gasteiger partial charge in [0.05, 0.1) is 5.56 Å². The van der Waals surface area contributed by atoms with Crippen molar-refractivity contribution >= 4 is 44.8 Å². The summed E-state index contributed by atoms with van der Waals surface area (Å²) < 4.78 is 14.5. The van der Waals surface area contributed by atoms with Crippen LogP contribution in [0.3, 0.4) is 0 Å². The number of halogens is 2. The van der Waals surface area contributed by atoms with Gasteiger partial charge >= 0.3 is 0 Å². The molecule has 0 spiro atoms. The number of amides is 2. The first-order valence-electron chi connectivity index (χ1n) is 11.0.